The lowest BCUT2D eigenvalue weighted by Crippen LogP contribution is -2.41. The van der Waals surface area contributed by atoms with Crippen molar-refractivity contribution in [2.24, 2.45) is 11.3 Å². The number of nitrogens with zero attached hydrogens (tertiary/aromatic N) is 5. The van der Waals surface area contributed by atoms with Crippen molar-refractivity contribution >= 4 is 5.91 Å². The molecule has 3 fully saturated rings. The van der Waals surface area contributed by atoms with Gasteiger partial charge in [0.15, 0.2) is 5.82 Å². The van der Waals surface area contributed by atoms with E-state index >= 15 is 0 Å². The van der Waals surface area contributed by atoms with E-state index in [0.29, 0.717) is 29.7 Å². The number of carbonyl (C=O) groups excluding carboxylic acids is 1. The molecule has 0 unspecified atom stereocenters. The van der Waals surface area contributed by atoms with Crippen LogP contribution >= 0.6 is 0 Å². The van der Waals surface area contributed by atoms with Crippen LogP contribution in [0.15, 0.2) is 0 Å². The maximum atomic E-state index is 12.8. The summed E-state index contributed by atoms with van der Waals surface area (Å²) < 4.78 is 2.30. The first kappa shape index (κ1) is 14.9. The summed E-state index contributed by atoms with van der Waals surface area (Å²) in [5, 5.41) is 8.95. The van der Waals surface area contributed by atoms with Crippen LogP contribution in [0.5, 0.6) is 0 Å². The fourth-order valence-corrected chi connectivity index (χ4v) is 5.04. The average molecular weight is 329 g/mol. The molecule has 6 heteroatoms. The molecule has 0 radical (unpaired) electrons. The third kappa shape index (κ3) is 2.22. The number of carbonyl (C=O) groups is 1. The molecule has 0 bridgehead atoms. The van der Waals surface area contributed by atoms with E-state index in [1.165, 1.54) is 32.1 Å². The zero-order valence-corrected chi connectivity index (χ0v) is 14.6. The van der Waals surface area contributed by atoms with Gasteiger partial charge in [-0.1, -0.05) is 6.42 Å². The smallest absolute Gasteiger partial charge is 0.226 e. The van der Waals surface area contributed by atoms with E-state index in [1.54, 1.807) is 0 Å². The topological polar surface area (TPSA) is 54.3 Å². The van der Waals surface area contributed by atoms with E-state index in [9.17, 15) is 4.79 Å². The summed E-state index contributed by atoms with van der Waals surface area (Å²) in [5.74, 6) is 3.38. The molecule has 0 N–H and O–H groups in total. The highest BCUT2D eigenvalue weighted by molar-refractivity contribution is 5.83. The number of rotatable bonds is 2. The van der Waals surface area contributed by atoms with E-state index in [4.69, 9.17) is 0 Å². The molecule has 2 aliphatic carbocycles. The molecule has 2 saturated carbocycles. The van der Waals surface area contributed by atoms with Gasteiger partial charge in [0.1, 0.15) is 5.82 Å². The Bertz CT molecular complexity index is 656. The first-order valence-corrected chi connectivity index (χ1v) is 9.56. The minimum absolute atomic E-state index is 0.314. The molecule has 1 spiro atoms. The number of fused-ring (bicyclic) bond motifs is 1. The quantitative estimate of drug-likeness (QED) is 0.827. The summed E-state index contributed by atoms with van der Waals surface area (Å²) in [6.45, 7) is 4.64. The average Bonchev–Trinajstić information content (AvgIpc) is 3.21. The lowest BCUT2D eigenvalue weighted by atomic mass is 9.79. The highest BCUT2D eigenvalue weighted by atomic mass is 16.2. The van der Waals surface area contributed by atoms with E-state index in [0.717, 1.165) is 44.2 Å². The molecule has 6 nitrogen and oxygen atoms in total. The van der Waals surface area contributed by atoms with Gasteiger partial charge in [0.25, 0.3) is 0 Å². The Hall–Kier alpha value is -1.43. The zero-order valence-electron chi connectivity index (χ0n) is 14.6. The van der Waals surface area contributed by atoms with E-state index in [2.05, 4.69) is 26.7 Å². The monoisotopic (exact) mass is 329 g/mol. The highest BCUT2D eigenvalue weighted by Gasteiger charge is 2.61. The van der Waals surface area contributed by atoms with Crippen LogP contribution in [0.1, 0.15) is 56.1 Å². The third-order valence-corrected chi connectivity index (χ3v) is 7.01. The molecule has 130 valence electrons. The number of amides is 1. The number of piperidine rings is 1. The zero-order chi connectivity index (χ0) is 16.3. The van der Waals surface area contributed by atoms with Crippen LogP contribution in [0.4, 0.5) is 0 Å². The van der Waals surface area contributed by atoms with Crippen LogP contribution in [0.25, 0.3) is 0 Å². The summed E-state index contributed by atoms with van der Waals surface area (Å²) >= 11 is 0. The molecule has 5 rings (SSSR count). The van der Waals surface area contributed by atoms with Crippen molar-refractivity contribution in [2.45, 2.75) is 57.5 Å². The lowest BCUT2D eigenvalue weighted by molar-refractivity contribution is -0.135. The summed E-state index contributed by atoms with van der Waals surface area (Å²) in [7, 11) is 2.19. The van der Waals surface area contributed by atoms with Crippen molar-refractivity contribution in [3.63, 3.8) is 0 Å². The molecular formula is C18H27N5O. The van der Waals surface area contributed by atoms with Gasteiger partial charge in [0.2, 0.25) is 5.91 Å². The summed E-state index contributed by atoms with van der Waals surface area (Å²) in [6, 6.07) is 0. The van der Waals surface area contributed by atoms with Gasteiger partial charge in [-0.05, 0) is 57.7 Å². The minimum Gasteiger partial charge on any atom is -0.333 e. The Kier molecular flexibility index (Phi) is 3.27. The van der Waals surface area contributed by atoms with Crippen molar-refractivity contribution in [3.8, 4) is 0 Å². The number of hydrogen-bond acceptors (Lipinski definition) is 4. The van der Waals surface area contributed by atoms with Gasteiger partial charge in [0.05, 0.1) is 6.54 Å². The molecule has 1 aromatic heterocycles. The van der Waals surface area contributed by atoms with E-state index in [-0.39, 0.29) is 0 Å². The Morgan fingerprint density at radius 1 is 1.12 bits per heavy atom. The second-order valence-electron chi connectivity index (χ2n) is 8.44. The fraction of sp³-hybridized carbons (Fsp3) is 0.833. The molecular weight excluding hydrogens is 302 g/mol. The Morgan fingerprint density at radius 3 is 2.58 bits per heavy atom. The second-order valence-corrected chi connectivity index (χ2v) is 8.44. The van der Waals surface area contributed by atoms with Gasteiger partial charge in [-0.25, -0.2) is 0 Å². The normalized spacial score (nSPS) is 29.4. The fourth-order valence-electron chi connectivity index (χ4n) is 5.04. The van der Waals surface area contributed by atoms with Crippen molar-refractivity contribution in [1.82, 2.24) is 24.6 Å². The maximum absolute atomic E-state index is 12.8. The van der Waals surface area contributed by atoms with Crippen molar-refractivity contribution in [3.05, 3.63) is 11.6 Å². The van der Waals surface area contributed by atoms with Gasteiger partial charge in [0, 0.05) is 24.9 Å². The standard InChI is InChI=1S/C18H27N5O/c1-21-7-3-13(4-8-21)16-20-19-15-12-22(9-10-23(15)16)17(24)14-11-18(14)5-2-6-18/h13-14H,2-12H2,1H3/t14-/m1/s1. The van der Waals surface area contributed by atoms with Crippen molar-refractivity contribution in [2.75, 3.05) is 26.7 Å². The summed E-state index contributed by atoms with van der Waals surface area (Å²) in [5.41, 5.74) is 0.418. The van der Waals surface area contributed by atoms with Crippen LogP contribution in [0.2, 0.25) is 0 Å². The molecule has 2 aliphatic heterocycles. The van der Waals surface area contributed by atoms with Gasteiger partial charge in [-0.2, -0.15) is 0 Å². The Labute approximate surface area is 143 Å². The van der Waals surface area contributed by atoms with Crippen molar-refractivity contribution < 1.29 is 4.79 Å². The van der Waals surface area contributed by atoms with Crippen LogP contribution in [-0.4, -0.2) is 57.2 Å². The van der Waals surface area contributed by atoms with E-state index in [1.807, 2.05) is 4.90 Å². The predicted molar refractivity (Wildman–Crippen MR) is 89.3 cm³/mol. The van der Waals surface area contributed by atoms with Crippen LogP contribution < -0.4 is 0 Å². The third-order valence-electron chi connectivity index (χ3n) is 7.01. The highest BCUT2D eigenvalue weighted by Crippen LogP contribution is 2.66. The molecule has 1 aromatic rings. The predicted octanol–water partition coefficient (Wildman–Crippen LogP) is 1.62. The van der Waals surface area contributed by atoms with Gasteiger partial charge in [-0.3, -0.25) is 4.79 Å². The first-order chi connectivity index (χ1) is 11.7. The lowest BCUT2D eigenvalue weighted by Gasteiger charge is -2.33. The van der Waals surface area contributed by atoms with Gasteiger partial charge < -0.3 is 14.4 Å². The molecule has 0 aromatic carbocycles. The molecule has 1 atom stereocenters. The van der Waals surface area contributed by atoms with Crippen LogP contribution in [0.3, 0.4) is 0 Å². The minimum atomic E-state index is 0.314. The summed E-state index contributed by atoms with van der Waals surface area (Å²) in [6.07, 6.45) is 7.33. The SMILES string of the molecule is CN1CCC(c2nnc3n2CCN(C(=O)[C@H]2CC24CCC4)C3)CC1. The molecule has 3 heterocycles. The van der Waals surface area contributed by atoms with Gasteiger partial charge in [-0.15, -0.1) is 10.2 Å². The first-order valence-electron chi connectivity index (χ1n) is 9.56. The van der Waals surface area contributed by atoms with E-state index < -0.39 is 0 Å². The summed E-state index contributed by atoms with van der Waals surface area (Å²) in [4.78, 5) is 17.2. The Morgan fingerprint density at radius 2 is 1.92 bits per heavy atom. The van der Waals surface area contributed by atoms with Crippen LogP contribution in [0, 0.1) is 11.3 Å². The number of aromatic nitrogens is 3. The van der Waals surface area contributed by atoms with Crippen molar-refractivity contribution in [1.29, 1.82) is 0 Å². The Balaban J connectivity index is 1.28. The maximum Gasteiger partial charge on any atom is 0.226 e. The second kappa shape index (κ2) is 5.28. The number of hydrogen-bond donors (Lipinski definition) is 0. The molecule has 1 saturated heterocycles. The van der Waals surface area contributed by atoms with Crippen LogP contribution in [-0.2, 0) is 17.9 Å². The molecule has 1 amide bonds. The largest absolute Gasteiger partial charge is 0.333 e. The molecule has 24 heavy (non-hydrogen) atoms. The van der Waals surface area contributed by atoms with Gasteiger partial charge >= 0.3 is 0 Å². The number of likely N-dealkylation sites (tertiary alicyclic amines) is 1. The molecule has 4 aliphatic rings.